The number of halogens is 4. The molecule has 2 atom stereocenters. The average Bonchev–Trinajstić information content (AvgIpc) is 3.45. The molecule has 0 bridgehead atoms. The highest BCUT2D eigenvalue weighted by atomic mass is 19.1. The first-order chi connectivity index (χ1) is 21.4. The smallest absolute Gasteiger partial charge is 0.295 e. The number of anilines is 1. The number of aromatic nitrogens is 2. The summed E-state index contributed by atoms with van der Waals surface area (Å²) in [5, 5.41) is 3.77. The van der Waals surface area contributed by atoms with Gasteiger partial charge in [-0.2, -0.15) is 9.13 Å². The van der Waals surface area contributed by atoms with Gasteiger partial charge < -0.3 is 5.32 Å². The van der Waals surface area contributed by atoms with Gasteiger partial charge in [0.1, 0.15) is 23.3 Å². The number of fused-ring (bicyclic) bond motifs is 14. The van der Waals surface area contributed by atoms with Crippen LogP contribution in [0.15, 0.2) is 122 Å². The Bertz CT molecular complexity index is 2060. The lowest BCUT2D eigenvalue weighted by molar-refractivity contribution is -0.730. The second kappa shape index (κ2) is 8.63. The molecule has 3 aliphatic heterocycles. The molecule has 0 fully saturated rings. The van der Waals surface area contributed by atoms with Crippen molar-refractivity contribution in [2.75, 3.05) is 5.32 Å². The lowest BCUT2D eigenvalue weighted by Crippen LogP contribution is -2.63. The van der Waals surface area contributed by atoms with Crippen LogP contribution in [0.5, 0.6) is 0 Å². The van der Waals surface area contributed by atoms with E-state index in [2.05, 4.69) is 5.32 Å². The van der Waals surface area contributed by atoms with Gasteiger partial charge in [-0.25, -0.2) is 17.6 Å². The standard InChI is InChI=1S/C37H23F4N3/c38-23-17-27-34(29(40)19-23)32-13-5-7-15-43(32)36(27)21-22-9-1-2-10-25(22)37(42-31-12-4-3-11-26(31)36)28-18-24(39)20-30(41)35(28)33-14-6-8-16-44(33)37/h1-20,42H,21H2/q+2/t36-,37?/m1/s1. The zero-order valence-electron chi connectivity index (χ0n) is 23.2. The number of benzene rings is 4. The van der Waals surface area contributed by atoms with Crippen molar-refractivity contribution in [3.05, 3.63) is 173 Å². The van der Waals surface area contributed by atoms with Crippen molar-refractivity contribution < 1.29 is 26.7 Å². The normalized spacial score (nSPS) is 20.1. The topological polar surface area (TPSA) is 19.8 Å². The fraction of sp³-hybridized carbons (Fsp3) is 0.0811. The van der Waals surface area contributed by atoms with E-state index in [1.165, 1.54) is 12.1 Å². The summed E-state index contributed by atoms with van der Waals surface area (Å²) in [6.45, 7) is 0. The highest BCUT2D eigenvalue weighted by Crippen LogP contribution is 2.52. The third-order valence-electron chi connectivity index (χ3n) is 9.49. The van der Waals surface area contributed by atoms with Crippen LogP contribution in [0.3, 0.4) is 0 Å². The number of nitrogens with zero attached hydrogens (tertiary/aromatic N) is 2. The molecule has 0 aliphatic carbocycles. The van der Waals surface area contributed by atoms with Crippen molar-refractivity contribution in [2.24, 2.45) is 0 Å². The largest absolute Gasteiger partial charge is 0.317 e. The molecule has 0 saturated heterocycles. The molecule has 212 valence electrons. The van der Waals surface area contributed by atoms with E-state index in [-0.39, 0.29) is 0 Å². The van der Waals surface area contributed by atoms with E-state index >= 15 is 17.6 Å². The van der Waals surface area contributed by atoms with Crippen LogP contribution in [-0.4, -0.2) is 0 Å². The van der Waals surface area contributed by atoms with Crippen LogP contribution in [0.25, 0.3) is 22.5 Å². The first-order valence-corrected chi connectivity index (χ1v) is 14.4. The Hall–Kier alpha value is -5.30. The maximum Gasteiger partial charge on any atom is 0.295 e. The fourth-order valence-electron chi connectivity index (χ4n) is 7.93. The molecule has 3 aliphatic rings. The molecule has 6 aromatic rings. The van der Waals surface area contributed by atoms with Crippen LogP contribution in [0.4, 0.5) is 23.2 Å². The van der Waals surface area contributed by atoms with Gasteiger partial charge in [0.15, 0.2) is 12.4 Å². The van der Waals surface area contributed by atoms with Crippen LogP contribution in [-0.2, 0) is 17.6 Å². The minimum absolute atomic E-state index is 0.317. The molecule has 2 spiro atoms. The Morgan fingerprint density at radius 2 is 1.11 bits per heavy atom. The van der Waals surface area contributed by atoms with Gasteiger partial charge in [-0.3, -0.25) is 0 Å². The molecule has 2 aromatic heterocycles. The van der Waals surface area contributed by atoms with Gasteiger partial charge in [0, 0.05) is 48.4 Å². The number of pyridine rings is 2. The summed E-state index contributed by atoms with van der Waals surface area (Å²) in [5.41, 5.74) is 3.66. The Morgan fingerprint density at radius 1 is 0.545 bits per heavy atom. The summed E-state index contributed by atoms with van der Waals surface area (Å²) in [6.07, 6.45) is 4.09. The van der Waals surface area contributed by atoms with E-state index in [9.17, 15) is 0 Å². The SMILES string of the molecule is Fc1cc(F)c2c(c1)C1(Nc3ccccc3[C@]3(Cc4ccccc41)c1cc(F)cc(F)c1-c1cccc[n+]13)[n+]1ccccc1-2. The predicted molar refractivity (Wildman–Crippen MR) is 157 cm³/mol. The van der Waals surface area contributed by atoms with E-state index in [0.29, 0.717) is 45.7 Å². The van der Waals surface area contributed by atoms with Crippen LogP contribution in [0, 0.1) is 23.3 Å². The second-order valence-corrected chi connectivity index (χ2v) is 11.6. The molecule has 0 saturated carbocycles. The molecule has 1 N–H and O–H groups in total. The molecule has 5 heterocycles. The Labute approximate surface area is 250 Å². The van der Waals surface area contributed by atoms with Gasteiger partial charge in [0.25, 0.3) is 5.66 Å². The number of hydrogen-bond acceptors (Lipinski definition) is 1. The molecule has 44 heavy (non-hydrogen) atoms. The average molecular weight is 586 g/mol. The third-order valence-corrected chi connectivity index (χ3v) is 9.49. The van der Waals surface area contributed by atoms with Gasteiger partial charge in [0.05, 0.1) is 33.5 Å². The van der Waals surface area contributed by atoms with E-state index in [1.807, 2.05) is 106 Å². The second-order valence-electron chi connectivity index (χ2n) is 11.6. The summed E-state index contributed by atoms with van der Waals surface area (Å²) in [7, 11) is 0. The van der Waals surface area contributed by atoms with Gasteiger partial charge >= 0.3 is 0 Å². The first-order valence-electron chi connectivity index (χ1n) is 14.4. The summed E-state index contributed by atoms with van der Waals surface area (Å²) >= 11 is 0. The fourth-order valence-corrected chi connectivity index (χ4v) is 7.93. The van der Waals surface area contributed by atoms with Crippen molar-refractivity contribution in [1.29, 1.82) is 0 Å². The zero-order chi connectivity index (χ0) is 29.8. The maximum atomic E-state index is 15.7. The Balaban J connectivity index is 1.44. The molecular formula is C37H23F4N3+2. The van der Waals surface area contributed by atoms with Gasteiger partial charge in [0.2, 0.25) is 16.9 Å². The quantitative estimate of drug-likeness (QED) is 0.151. The van der Waals surface area contributed by atoms with Crippen molar-refractivity contribution in [1.82, 2.24) is 0 Å². The predicted octanol–water partition coefficient (Wildman–Crippen LogP) is 6.99. The molecule has 1 unspecified atom stereocenters. The van der Waals surface area contributed by atoms with E-state index in [1.54, 1.807) is 0 Å². The minimum Gasteiger partial charge on any atom is -0.317 e. The summed E-state index contributed by atoms with van der Waals surface area (Å²) in [4.78, 5) is 0. The third kappa shape index (κ3) is 3.01. The van der Waals surface area contributed by atoms with Crippen molar-refractivity contribution in [3.8, 4) is 22.5 Å². The summed E-state index contributed by atoms with van der Waals surface area (Å²) in [5.74, 6) is -2.62. The monoisotopic (exact) mass is 585 g/mol. The van der Waals surface area contributed by atoms with Crippen LogP contribution >= 0.6 is 0 Å². The highest BCUT2D eigenvalue weighted by Gasteiger charge is 2.61. The van der Waals surface area contributed by atoms with Crippen LogP contribution < -0.4 is 14.5 Å². The molecule has 0 radical (unpaired) electrons. The molecular weight excluding hydrogens is 562 g/mol. The number of rotatable bonds is 0. The van der Waals surface area contributed by atoms with E-state index in [0.717, 1.165) is 28.8 Å². The molecule has 0 amide bonds. The van der Waals surface area contributed by atoms with Gasteiger partial charge in [-0.05, 0) is 48.0 Å². The number of nitrogens with one attached hydrogen (secondary N) is 1. The Kier molecular flexibility index (Phi) is 4.95. The van der Waals surface area contributed by atoms with E-state index < -0.39 is 34.5 Å². The molecule has 4 aromatic carbocycles. The summed E-state index contributed by atoms with van der Waals surface area (Å²) < 4.78 is 65.7. The van der Waals surface area contributed by atoms with Gasteiger partial charge in [-0.1, -0.05) is 30.3 Å². The van der Waals surface area contributed by atoms with Crippen molar-refractivity contribution >= 4 is 5.69 Å². The number of para-hydroxylation sites is 1. The van der Waals surface area contributed by atoms with Crippen molar-refractivity contribution in [3.63, 3.8) is 0 Å². The minimum atomic E-state index is -1.23. The molecule has 3 nitrogen and oxygen atoms in total. The van der Waals surface area contributed by atoms with Gasteiger partial charge in [-0.15, -0.1) is 0 Å². The number of hydrogen-bond donors (Lipinski definition) is 1. The van der Waals surface area contributed by atoms with Crippen molar-refractivity contribution in [2.45, 2.75) is 17.6 Å². The highest BCUT2D eigenvalue weighted by molar-refractivity contribution is 5.76. The first kappa shape index (κ1) is 25.2. The van der Waals surface area contributed by atoms with Crippen LogP contribution in [0.2, 0.25) is 0 Å². The maximum absolute atomic E-state index is 15.7. The Morgan fingerprint density at radius 3 is 1.86 bits per heavy atom. The lowest BCUT2D eigenvalue weighted by Gasteiger charge is -2.37. The molecule has 9 rings (SSSR count). The molecule has 7 heteroatoms. The van der Waals surface area contributed by atoms with Crippen LogP contribution in [0.1, 0.15) is 27.8 Å². The zero-order valence-corrected chi connectivity index (χ0v) is 23.2. The summed E-state index contributed by atoms with van der Waals surface area (Å²) in [6, 6.07) is 31.2. The lowest BCUT2D eigenvalue weighted by atomic mass is 9.73. The van der Waals surface area contributed by atoms with E-state index in [4.69, 9.17) is 0 Å².